The van der Waals surface area contributed by atoms with Gasteiger partial charge in [0.15, 0.2) is 0 Å². The Morgan fingerprint density at radius 2 is 1.63 bits per heavy atom. The number of imide groups is 1. The SMILES string of the molecule is CCOC(=O)CSC[C@H](O)[C@H](CC1CCCCC1)N(C(=O)[C@H](Cc1ccccc1)NC(=O)OC(C)(C)C)C(=O)[C@@H](N)Cc1cn(C(=O)OC(C)(C)C)cn1. The van der Waals surface area contributed by atoms with Gasteiger partial charge in [0.1, 0.15) is 23.6 Å². The molecule has 1 aromatic carbocycles. The summed E-state index contributed by atoms with van der Waals surface area (Å²) in [5.41, 5.74) is 5.98. The van der Waals surface area contributed by atoms with Crippen LogP contribution in [0.25, 0.3) is 0 Å². The van der Waals surface area contributed by atoms with E-state index in [2.05, 4.69) is 10.3 Å². The van der Waals surface area contributed by atoms with Crippen LogP contribution in [0.5, 0.6) is 0 Å². The molecule has 0 radical (unpaired) electrons. The number of imidazole rings is 1. The van der Waals surface area contributed by atoms with Crippen LogP contribution in [-0.4, -0.2) is 103 Å². The lowest BCUT2D eigenvalue weighted by atomic mass is 9.83. The van der Waals surface area contributed by atoms with E-state index in [-0.39, 0.29) is 36.9 Å². The minimum absolute atomic E-state index is 0.0160. The standard InChI is InChI=1S/C39H59N5O9S/c1-8-51-33(46)24-54-23-32(45)31(20-27-17-13-10-14-18-27)44(34(47)29(40)21-28-22-43(25-41-28)37(50)53-39(5,6)7)35(48)30(19-26-15-11-9-12-16-26)42-36(49)52-38(2,3)4/h9,11-12,15-16,22,25,27,29-32,45H,8,10,13-14,17-21,23-24,40H2,1-7H3,(H,42,49)/t29-,30-,31-,32-/m0/s1. The first-order chi connectivity index (χ1) is 25.4. The third-order valence-corrected chi connectivity index (χ3v) is 9.64. The Labute approximate surface area is 323 Å². The Hall–Kier alpha value is -3.95. The van der Waals surface area contributed by atoms with Gasteiger partial charge in [-0.3, -0.25) is 19.3 Å². The van der Waals surface area contributed by atoms with Gasteiger partial charge in [-0.25, -0.2) is 19.1 Å². The van der Waals surface area contributed by atoms with Crippen molar-refractivity contribution in [2.45, 2.75) is 135 Å². The second kappa shape index (κ2) is 20.7. The molecule has 3 rings (SSSR count). The number of amides is 3. The highest BCUT2D eigenvalue weighted by Gasteiger charge is 2.42. The smallest absolute Gasteiger partial charge is 0.419 e. The summed E-state index contributed by atoms with van der Waals surface area (Å²) in [6, 6.07) is 5.37. The van der Waals surface area contributed by atoms with E-state index in [0.717, 1.165) is 53.3 Å². The molecule has 1 fully saturated rings. The number of alkyl carbamates (subject to hydrolysis) is 1. The lowest BCUT2D eigenvalue weighted by molar-refractivity contribution is -0.153. The lowest BCUT2D eigenvalue weighted by Crippen LogP contribution is -2.61. The monoisotopic (exact) mass is 773 g/mol. The number of hydrogen-bond acceptors (Lipinski definition) is 12. The van der Waals surface area contributed by atoms with Crippen molar-refractivity contribution in [2.75, 3.05) is 18.1 Å². The number of nitrogens with two attached hydrogens (primary N) is 1. The molecule has 3 amide bonds. The predicted octanol–water partition coefficient (Wildman–Crippen LogP) is 5.02. The molecular formula is C39H59N5O9S. The van der Waals surface area contributed by atoms with Gasteiger partial charge in [0.25, 0.3) is 5.91 Å². The quantitative estimate of drug-likeness (QED) is 0.153. The molecule has 0 saturated heterocycles. The van der Waals surface area contributed by atoms with Gasteiger partial charge in [0, 0.05) is 24.8 Å². The van der Waals surface area contributed by atoms with Crippen LogP contribution in [0.3, 0.4) is 0 Å². The molecule has 4 N–H and O–H groups in total. The Morgan fingerprint density at radius 3 is 2.24 bits per heavy atom. The minimum atomic E-state index is -1.33. The van der Waals surface area contributed by atoms with Crippen LogP contribution in [0.4, 0.5) is 9.59 Å². The number of nitrogens with zero attached hydrogens (tertiary/aromatic N) is 3. The first-order valence-corrected chi connectivity index (χ1v) is 19.9. The number of nitrogens with one attached hydrogen (secondary N) is 1. The molecule has 1 aliphatic rings. The third kappa shape index (κ3) is 15.1. The molecule has 0 aliphatic heterocycles. The van der Waals surface area contributed by atoms with E-state index in [4.69, 9.17) is 19.9 Å². The van der Waals surface area contributed by atoms with Crippen molar-refractivity contribution in [3.8, 4) is 0 Å². The highest BCUT2D eigenvalue weighted by Crippen LogP contribution is 2.31. The van der Waals surface area contributed by atoms with Crippen LogP contribution < -0.4 is 11.1 Å². The molecule has 54 heavy (non-hydrogen) atoms. The second-order valence-electron chi connectivity index (χ2n) is 15.7. The van der Waals surface area contributed by atoms with Gasteiger partial charge < -0.3 is 30.4 Å². The molecule has 1 heterocycles. The van der Waals surface area contributed by atoms with Crippen LogP contribution >= 0.6 is 11.8 Å². The van der Waals surface area contributed by atoms with Crippen molar-refractivity contribution in [1.29, 1.82) is 0 Å². The first-order valence-electron chi connectivity index (χ1n) is 18.7. The van der Waals surface area contributed by atoms with E-state index in [0.29, 0.717) is 17.7 Å². The maximum atomic E-state index is 14.9. The van der Waals surface area contributed by atoms with Gasteiger partial charge in [0.05, 0.1) is 36.2 Å². The van der Waals surface area contributed by atoms with Crippen molar-refractivity contribution < 1.29 is 43.3 Å². The molecule has 0 bridgehead atoms. The van der Waals surface area contributed by atoms with Crippen molar-refractivity contribution >= 4 is 41.7 Å². The number of esters is 1. The number of rotatable bonds is 16. The minimum Gasteiger partial charge on any atom is -0.465 e. The van der Waals surface area contributed by atoms with Crippen molar-refractivity contribution in [2.24, 2.45) is 11.7 Å². The Balaban J connectivity index is 2.05. The largest absolute Gasteiger partial charge is 0.465 e. The molecule has 15 heteroatoms. The molecule has 0 unspecified atom stereocenters. The molecule has 0 spiro atoms. The van der Waals surface area contributed by atoms with E-state index in [9.17, 15) is 29.1 Å². The first kappa shape index (κ1) is 44.4. The average molecular weight is 774 g/mol. The van der Waals surface area contributed by atoms with Crippen LogP contribution in [0.2, 0.25) is 0 Å². The zero-order chi connectivity index (χ0) is 40.1. The summed E-state index contributed by atoms with van der Waals surface area (Å²) in [4.78, 5) is 72.9. The maximum Gasteiger partial charge on any atom is 0.419 e. The summed E-state index contributed by atoms with van der Waals surface area (Å²) in [7, 11) is 0. The number of aliphatic hydroxyl groups excluding tert-OH is 1. The van der Waals surface area contributed by atoms with Gasteiger partial charge in [0.2, 0.25) is 5.91 Å². The van der Waals surface area contributed by atoms with E-state index in [1.807, 2.05) is 6.07 Å². The number of carbonyl (C=O) groups excluding carboxylic acids is 5. The molecule has 1 saturated carbocycles. The van der Waals surface area contributed by atoms with Crippen LogP contribution in [0.15, 0.2) is 42.9 Å². The van der Waals surface area contributed by atoms with E-state index in [1.165, 1.54) is 12.5 Å². The van der Waals surface area contributed by atoms with Crippen LogP contribution in [0, 0.1) is 5.92 Å². The average Bonchev–Trinajstić information content (AvgIpc) is 3.55. The van der Waals surface area contributed by atoms with E-state index < -0.39 is 65.4 Å². The zero-order valence-corrected chi connectivity index (χ0v) is 33.6. The number of thioether (sulfide) groups is 1. The Kier molecular flexibility index (Phi) is 17.0. The summed E-state index contributed by atoms with van der Waals surface area (Å²) < 4.78 is 17.1. The molecule has 1 aromatic heterocycles. The normalized spacial score (nSPS) is 16.0. The van der Waals surface area contributed by atoms with Gasteiger partial charge in [-0.15, -0.1) is 11.8 Å². The molecule has 300 valence electrons. The van der Waals surface area contributed by atoms with Crippen molar-refractivity contribution in [3.63, 3.8) is 0 Å². The van der Waals surface area contributed by atoms with Gasteiger partial charge in [-0.2, -0.15) is 0 Å². The van der Waals surface area contributed by atoms with Crippen molar-refractivity contribution in [1.82, 2.24) is 19.8 Å². The highest BCUT2D eigenvalue weighted by atomic mass is 32.2. The Morgan fingerprint density at radius 1 is 0.981 bits per heavy atom. The zero-order valence-electron chi connectivity index (χ0n) is 32.7. The topological polar surface area (TPSA) is 192 Å². The number of ether oxygens (including phenoxy) is 3. The number of hydrogen-bond donors (Lipinski definition) is 3. The Bertz CT molecular complexity index is 1530. The fraction of sp³-hybridized carbons (Fsp3) is 0.641. The lowest BCUT2D eigenvalue weighted by Gasteiger charge is -2.39. The van der Waals surface area contributed by atoms with E-state index >= 15 is 0 Å². The highest BCUT2D eigenvalue weighted by molar-refractivity contribution is 7.99. The van der Waals surface area contributed by atoms with Gasteiger partial charge in [-0.05, 0) is 66.4 Å². The molecule has 2 aromatic rings. The summed E-state index contributed by atoms with van der Waals surface area (Å²) in [5.74, 6) is -1.90. The molecular weight excluding hydrogens is 715 g/mol. The number of aliphatic hydroxyl groups is 1. The molecule has 1 aliphatic carbocycles. The third-order valence-electron chi connectivity index (χ3n) is 8.62. The van der Waals surface area contributed by atoms with E-state index in [1.54, 1.807) is 72.7 Å². The number of carbonyl (C=O) groups is 5. The van der Waals surface area contributed by atoms with Gasteiger partial charge >= 0.3 is 18.2 Å². The fourth-order valence-electron chi connectivity index (χ4n) is 6.25. The second-order valence-corrected chi connectivity index (χ2v) is 16.7. The fourth-order valence-corrected chi connectivity index (χ4v) is 7.08. The van der Waals surface area contributed by atoms with Crippen LogP contribution in [-0.2, 0) is 41.4 Å². The summed E-state index contributed by atoms with van der Waals surface area (Å²) >= 11 is 1.14. The summed E-state index contributed by atoms with van der Waals surface area (Å²) in [6.45, 7) is 12.2. The number of benzene rings is 1. The molecule has 4 atom stereocenters. The summed E-state index contributed by atoms with van der Waals surface area (Å²) in [6.07, 6.45) is 4.80. The predicted molar refractivity (Wildman–Crippen MR) is 206 cm³/mol. The van der Waals surface area contributed by atoms with Gasteiger partial charge in [-0.1, -0.05) is 62.4 Å². The maximum absolute atomic E-state index is 14.9. The number of aromatic nitrogens is 2. The molecule has 14 nitrogen and oxygen atoms in total. The van der Waals surface area contributed by atoms with Crippen molar-refractivity contribution in [3.05, 3.63) is 54.1 Å². The van der Waals surface area contributed by atoms with Crippen LogP contribution in [0.1, 0.15) is 98.2 Å². The summed E-state index contributed by atoms with van der Waals surface area (Å²) in [5, 5.41) is 14.5.